The Morgan fingerprint density at radius 1 is 1.14 bits per heavy atom. The number of ether oxygens (including phenoxy) is 1. The molecule has 2 heterocycles. The molecule has 4 rings (SSSR count). The summed E-state index contributed by atoms with van der Waals surface area (Å²) in [6.45, 7) is 0. The number of aromatic nitrogens is 2. The van der Waals surface area contributed by atoms with Gasteiger partial charge in [0.1, 0.15) is 5.75 Å². The predicted molar refractivity (Wildman–Crippen MR) is 87.6 cm³/mol. The molecule has 0 atom stereocenters. The van der Waals surface area contributed by atoms with Gasteiger partial charge in [0.05, 0.1) is 23.0 Å². The molecule has 0 amide bonds. The van der Waals surface area contributed by atoms with Crippen LogP contribution in [0.2, 0.25) is 5.02 Å². The molecule has 0 aliphatic heterocycles. The molecular weight excluding hydrogens is 304 g/mol. The van der Waals surface area contributed by atoms with E-state index in [4.69, 9.17) is 21.3 Å². The molecule has 0 saturated heterocycles. The summed E-state index contributed by atoms with van der Waals surface area (Å²) in [5.74, 6) is 0.866. The van der Waals surface area contributed by atoms with Crippen LogP contribution in [0.3, 0.4) is 0 Å². The zero-order chi connectivity index (χ0) is 14.4. The maximum Gasteiger partial charge on any atom is 0.195 e. The Bertz CT molecular complexity index is 940. The summed E-state index contributed by atoms with van der Waals surface area (Å²) in [5, 5.41) is 0.734. The quantitative estimate of drug-likeness (QED) is 0.527. The fourth-order valence-electron chi connectivity index (χ4n) is 2.37. The molecule has 2 aromatic heterocycles. The number of thiazole rings is 1. The smallest absolute Gasteiger partial charge is 0.195 e. The maximum absolute atomic E-state index is 5.93. The highest BCUT2D eigenvalue weighted by molar-refractivity contribution is 7.23. The molecule has 0 bridgehead atoms. The van der Waals surface area contributed by atoms with Crippen LogP contribution in [0.25, 0.3) is 26.4 Å². The summed E-state index contributed by atoms with van der Waals surface area (Å²) in [6, 6.07) is 13.8. The lowest BCUT2D eigenvalue weighted by molar-refractivity contribution is 0.415. The van der Waals surface area contributed by atoms with Crippen molar-refractivity contribution >= 4 is 38.1 Å². The normalized spacial score (nSPS) is 11.3. The van der Waals surface area contributed by atoms with E-state index in [2.05, 4.69) is 16.7 Å². The predicted octanol–water partition coefficient (Wildman–Crippen LogP) is 4.88. The number of hydrogen-bond donors (Lipinski definition) is 0. The van der Waals surface area contributed by atoms with Crippen molar-refractivity contribution in [3.05, 3.63) is 53.7 Å². The third-order valence-corrected chi connectivity index (χ3v) is 4.71. The lowest BCUT2D eigenvalue weighted by Gasteiger charge is -1.98. The van der Waals surface area contributed by atoms with Crippen molar-refractivity contribution in [2.24, 2.45) is 0 Å². The first-order valence-electron chi connectivity index (χ1n) is 6.46. The Kier molecular flexibility index (Phi) is 2.87. The minimum atomic E-state index is 0.734. The van der Waals surface area contributed by atoms with Gasteiger partial charge >= 0.3 is 0 Å². The highest BCUT2D eigenvalue weighted by atomic mass is 35.5. The van der Waals surface area contributed by atoms with Crippen LogP contribution in [0, 0.1) is 0 Å². The third-order valence-electron chi connectivity index (χ3n) is 3.44. The van der Waals surface area contributed by atoms with Crippen LogP contribution in [0.15, 0.2) is 48.7 Å². The fraction of sp³-hybridized carbons (Fsp3) is 0.0625. The van der Waals surface area contributed by atoms with Gasteiger partial charge in [0.25, 0.3) is 0 Å². The molecule has 0 aliphatic rings. The number of imidazole rings is 1. The van der Waals surface area contributed by atoms with Crippen LogP contribution in [0.1, 0.15) is 0 Å². The first kappa shape index (κ1) is 12.7. The molecule has 21 heavy (non-hydrogen) atoms. The number of fused-ring (bicyclic) bond motifs is 3. The van der Waals surface area contributed by atoms with E-state index < -0.39 is 0 Å². The molecule has 4 aromatic rings. The van der Waals surface area contributed by atoms with Crippen molar-refractivity contribution in [2.75, 3.05) is 7.11 Å². The van der Waals surface area contributed by atoms with Crippen molar-refractivity contribution in [2.45, 2.75) is 0 Å². The van der Waals surface area contributed by atoms with Crippen molar-refractivity contribution in [1.82, 2.24) is 9.38 Å². The van der Waals surface area contributed by atoms with E-state index in [1.54, 1.807) is 18.4 Å². The standard InChI is InChI=1S/C16H11ClN2OS/c1-20-12-6-7-14-15(8-12)21-16-18-13(9-19(14)16)10-2-4-11(17)5-3-10/h2-9H,1H3. The monoisotopic (exact) mass is 314 g/mol. The highest BCUT2D eigenvalue weighted by Crippen LogP contribution is 2.31. The molecule has 0 aliphatic carbocycles. The number of benzene rings is 2. The molecule has 5 heteroatoms. The van der Waals surface area contributed by atoms with Gasteiger partial charge in [0, 0.05) is 16.8 Å². The van der Waals surface area contributed by atoms with Gasteiger partial charge in [0.2, 0.25) is 0 Å². The zero-order valence-electron chi connectivity index (χ0n) is 11.2. The summed E-state index contributed by atoms with van der Waals surface area (Å²) in [4.78, 5) is 5.68. The minimum Gasteiger partial charge on any atom is -0.497 e. The Morgan fingerprint density at radius 3 is 2.71 bits per heavy atom. The summed E-state index contributed by atoms with van der Waals surface area (Å²) in [6.07, 6.45) is 2.06. The molecule has 104 valence electrons. The van der Waals surface area contributed by atoms with Gasteiger partial charge < -0.3 is 4.74 Å². The second-order valence-electron chi connectivity index (χ2n) is 4.72. The molecule has 0 radical (unpaired) electrons. The molecule has 0 fully saturated rings. The van der Waals surface area contributed by atoms with E-state index in [1.165, 1.54) is 4.70 Å². The Hall–Kier alpha value is -2.04. The zero-order valence-corrected chi connectivity index (χ0v) is 12.8. The second kappa shape index (κ2) is 4.76. The number of methoxy groups -OCH3 is 1. The first-order valence-corrected chi connectivity index (χ1v) is 7.65. The van der Waals surface area contributed by atoms with Gasteiger partial charge in [-0.05, 0) is 30.3 Å². The van der Waals surface area contributed by atoms with Crippen LogP contribution in [-0.4, -0.2) is 16.5 Å². The Morgan fingerprint density at radius 2 is 1.95 bits per heavy atom. The van der Waals surface area contributed by atoms with Crippen LogP contribution in [0.4, 0.5) is 0 Å². The van der Waals surface area contributed by atoms with Gasteiger partial charge in [-0.1, -0.05) is 35.1 Å². The van der Waals surface area contributed by atoms with Gasteiger partial charge in [-0.15, -0.1) is 0 Å². The lowest BCUT2D eigenvalue weighted by atomic mass is 10.2. The summed E-state index contributed by atoms with van der Waals surface area (Å²) >= 11 is 7.58. The largest absolute Gasteiger partial charge is 0.497 e. The van der Waals surface area contributed by atoms with Crippen molar-refractivity contribution in [3.63, 3.8) is 0 Å². The number of hydrogen-bond acceptors (Lipinski definition) is 3. The molecule has 3 nitrogen and oxygen atoms in total. The molecule has 0 saturated carbocycles. The van der Waals surface area contributed by atoms with Crippen molar-refractivity contribution < 1.29 is 4.74 Å². The topological polar surface area (TPSA) is 26.5 Å². The number of rotatable bonds is 2. The minimum absolute atomic E-state index is 0.734. The van der Waals surface area contributed by atoms with E-state index in [0.29, 0.717) is 0 Å². The SMILES string of the molecule is COc1ccc2c(c1)sc1nc(-c3ccc(Cl)cc3)cn12. The summed E-state index contributed by atoms with van der Waals surface area (Å²) < 4.78 is 8.54. The Balaban J connectivity index is 1.88. The van der Waals surface area contributed by atoms with Crippen molar-refractivity contribution in [1.29, 1.82) is 0 Å². The van der Waals surface area contributed by atoms with Crippen LogP contribution in [-0.2, 0) is 0 Å². The van der Waals surface area contributed by atoms with E-state index in [9.17, 15) is 0 Å². The number of nitrogens with zero attached hydrogens (tertiary/aromatic N) is 2. The van der Waals surface area contributed by atoms with Gasteiger partial charge in [-0.3, -0.25) is 4.40 Å². The van der Waals surface area contributed by atoms with Crippen molar-refractivity contribution in [3.8, 4) is 17.0 Å². The first-order chi connectivity index (χ1) is 10.2. The maximum atomic E-state index is 5.93. The average Bonchev–Trinajstić information content (AvgIpc) is 3.04. The molecular formula is C16H11ClN2OS. The summed E-state index contributed by atoms with van der Waals surface area (Å²) in [7, 11) is 1.68. The van der Waals surface area contributed by atoms with E-state index in [1.807, 2.05) is 36.4 Å². The fourth-order valence-corrected chi connectivity index (χ4v) is 3.53. The highest BCUT2D eigenvalue weighted by Gasteiger charge is 2.10. The van der Waals surface area contributed by atoms with Crippen LogP contribution < -0.4 is 4.74 Å². The number of halogens is 1. The lowest BCUT2D eigenvalue weighted by Crippen LogP contribution is -1.82. The van der Waals surface area contributed by atoms with E-state index >= 15 is 0 Å². The second-order valence-corrected chi connectivity index (χ2v) is 6.17. The third kappa shape index (κ3) is 2.07. The van der Waals surface area contributed by atoms with E-state index in [0.717, 1.165) is 32.5 Å². The summed E-state index contributed by atoms with van der Waals surface area (Å²) in [5.41, 5.74) is 3.16. The van der Waals surface area contributed by atoms with Gasteiger partial charge in [-0.2, -0.15) is 0 Å². The van der Waals surface area contributed by atoms with E-state index in [-0.39, 0.29) is 0 Å². The van der Waals surface area contributed by atoms with Gasteiger partial charge in [-0.25, -0.2) is 4.98 Å². The molecule has 0 spiro atoms. The average molecular weight is 315 g/mol. The Labute approximate surface area is 130 Å². The van der Waals surface area contributed by atoms with Crippen LogP contribution in [0.5, 0.6) is 5.75 Å². The molecule has 0 unspecified atom stereocenters. The molecule has 2 aromatic carbocycles. The van der Waals surface area contributed by atoms with Crippen LogP contribution >= 0.6 is 22.9 Å². The molecule has 0 N–H and O–H groups in total. The van der Waals surface area contributed by atoms with Gasteiger partial charge in [0.15, 0.2) is 4.96 Å².